The molecule has 0 saturated heterocycles. The molecule has 0 unspecified atom stereocenters. The van der Waals surface area contributed by atoms with Gasteiger partial charge in [0.2, 0.25) is 0 Å². The highest BCUT2D eigenvalue weighted by Crippen LogP contribution is 2.42. The van der Waals surface area contributed by atoms with E-state index in [2.05, 4.69) is 42.5 Å². The minimum absolute atomic E-state index is 0.296. The van der Waals surface area contributed by atoms with Crippen LogP contribution in [0.2, 0.25) is 0 Å². The largest absolute Gasteiger partial charge is 0.507 e. The summed E-state index contributed by atoms with van der Waals surface area (Å²) in [7, 11) is 0. The number of benzene rings is 4. The average Bonchev–Trinajstić information content (AvgIpc) is 2.69. The van der Waals surface area contributed by atoms with E-state index in [-0.39, 0.29) is 0 Å². The number of phenolic OH excluding ortho intramolecular Hbond substituents is 1. The molecule has 0 fully saturated rings. The van der Waals surface area contributed by atoms with E-state index >= 15 is 0 Å². The van der Waals surface area contributed by atoms with Gasteiger partial charge in [0.1, 0.15) is 5.75 Å². The van der Waals surface area contributed by atoms with Crippen molar-refractivity contribution in [3.63, 3.8) is 0 Å². The molecule has 120 valence electrons. The fraction of sp³-hybridized carbons (Fsp3) is 0. The molecule has 4 rings (SSSR count). The van der Waals surface area contributed by atoms with Crippen molar-refractivity contribution in [3.05, 3.63) is 103 Å². The summed E-state index contributed by atoms with van der Waals surface area (Å²) in [5.74, 6) is 0.296. The zero-order valence-electron chi connectivity index (χ0n) is 13.8. The molecule has 0 aliphatic carbocycles. The lowest BCUT2D eigenvalue weighted by atomic mass is 9.89. The second-order valence-corrected chi connectivity index (χ2v) is 5.98. The van der Waals surface area contributed by atoms with Crippen molar-refractivity contribution < 1.29 is 5.11 Å². The molecule has 1 heteroatoms. The Morgan fingerprint density at radius 1 is 0.400 bits per heavy atom. The Kier molecular flexibility index (Phi) is 4.05. The molecule has 4 aromatic rings. The van der Waals surface area contributed by atoms with Gasteiger partial charge in [0.25, 0.3) is 0 Å². The molecule has 0 spiro atoms. The molecule has 0 heterocycles. The third-order valence-corrected chi connectivity index (χ3v) is 4.41. The van der Waals surface area contributed by atoms with E-state index in [1.807, 2.05) is 54.6 Å². The topological polar surface area (TPSA) is 20.2 Å². The van der Waals surface area contributed by atoms with Gasteiger partial charge in [-0.1, -0.05) is 97.1 Å². The molecule has 0 bridgehead atoms. The number of rotatable bonds is 3. The third-order valence-electron chi connectivity index (χ3n) is 4.41. The zero-order valence-corrected chi connectivity index (χ0v) is 13.8. The number of hydrogen-bond acceptors (Lipinski definition) is 1. The first-order chi connectivity index (χ1) is 12.3. The molecule has 4 aromatic carbocycles. The van der Waals surface area contributed by atoms with E-state index < -0.39 is 0 Å². The van der Waals surface area contributed by atoms with Crippen LogP contribution in [0, 0.1) is 0 Å². The van der Waals surface area contributed by atoms with E-state index in [0.29, 0.717) is 5.75 Å². The van der Waals surface area contributed by atoms with Gasteiger partial charge in [-0.25, -0.2) is 0 Å². The Bertz CT molecular complexity index is 989. The standard InChI is InChI=1S/C24H18O/c25-23-17-9-16-21(19-12-5-2-6-13-19)24(23)22-15-8-7-14-20(22)18-10-3-1-4-11-18/h1-17,25H. The second kappa shape index (κ2) is 6.66. The number of hydrogen-bond donors (Lipinski definition) is 1. The first-order valence-corrected chi connectivity index (χ1v) is 8.37. The molecule has 0 aliphatic rings. The van der Waals surface area contributed by atoms with Gasteiger partial charge in [-0.3, -0.25) is 0 Å². The van der Waals surface area contributed by atoms with E-state index in [0.717, 1.165) is 33.4 Å². The zero-order chi connectivity index (χ0) is 17.1. The summed E-state index contributed by atoms with van der Waals surface area (Å²) >= 11 is 0. The summed E-state index contributed by atoms with van der Waals surface area (Å²) < 4.78 is 0. The van der Waals surface area contributed by atoms with Gasteiger partial charge in [-0.2, -0.15) is 0 Å². The Hall–Kier alpha value is -3.32. The smallest absolute Gasteiger partial charge is 0.124 e. The third kappa shape index (κ3) is 2.92. The van der Waals surface area contributed by atoms with E-state index in [1.54, 1.807) is 6.07 Å². The Balaban J connectivity index is 1.99. The molecule has 0 aromatic heterocycles. The van der Waals surface area contributed by atoms with Gasteiger partial charge in [0, 0.05) is 5.56 Å². The molecule has 0 aliphatic heterocycles. The summed E-state index contributed by atoms with van der Waals surface area (Å²) in [5, 5.41) is 10.7. The van der Waals surface area contributed by atoms with Crippen molar-refractivity contribution >= 4 is 0 Å². The van der Waals surface area contributed by atoms with E-state index in [1.165, 1.54) is 0 Å². The Morgan fingerprint density at radius 2 is 0.880 bits per heavy atom. The van der Waals surface area contributed by atoms with Gasteiger partial charge >= 0.3 is 0 Å². The van der Waals surface area contributed by atoms with Crippen LogP contribution >= 0.6 is 0 Å². The van der Waals surface area contributed by atoms with Gasteiger partial charge in [-0.15, -0.1) is 0 Å². The van der Waals surface area contributed by atoms with Crippen LogP contribution < -0.4 is 0 Å². The van der Waals surface area contributed by atoms with Crippen LogP contribution in [0.25, 0.3) is 33.4 Å². The molecule has 25 heavy (non-hydrogen) atoms. The normalized spacial score (nSPS) is 10.6. The van der Waals surface area contributed by atoms with Gasteiger partial charge in [-0.05, 0) is 33.9 Å². The molecule has 0 amide bonds. The molecule has 1 nitrogen and oxygen atoms in total. The first kappa shape index (κ1) is 15.2. The summed E-state index contributed by atoms with van der Waals surface area (Å²) in [6, 6.07) is 34.4. The van der Waals surface area contributed by atoms with Gasteiger partial charge in [0.05, 0.1) is 0 Å². The summed E-state index contributed by atoms with van der Waals surface area (Å²) in [6.07, 6.45) is 0. The van der Waals surface area contributed by atoms with Crippen LogP contribution in [-0.2, 0) is 0 Å². The highest BCUT2D eigenvalue weighted by molar-refractivity contribution is 5.94. The lowest BCUT2D eigenvalue weighted by molar-refractivity contribution is 0.477. The summed E-state index contributed by atoms with van der Waals surface area (Å²) in [5.41, 5.74) is 6.28. The van der Waals surface area contributed by atoms with Crippen molar-refractivity contribution in [3.8, 4) is 39.1 Å². The SMILES string of the molecule is Oc1cccc(-c2ccccc2)c1-c1ccccc1-c1ccccc1. The molecule has 1 N–H and O–H groups in total. The average molecular weight is 322 g/mol. The van der Waals surface area contributed by atoms with E-state index in [4.69, 9.17) is 0 Å². The Morgan fingerprint density at radius 3 is 1.52 bits per heavy atom. The highest BCUT2D eigenvalue weighted by Gasteiger charge is 2.15. The van der Waals surface area contributed by atoms with Gasteiger partial charge < -0.3 is 5.11 Å². The van der Waals surface area contributed by atoms with Crippen molar-refractivity contribution in [2.24, 2.45) is 0 Å². The van der Waals surface area contributed by atoms with Crippen LogP contribution in [0.15, 0.2) is 103 Å². The minimum atomic E-state index is 0.296. The lowest BCUT2D eigenvalue weighted by Crippen LogP contribution is -1.89. The Labute approximate surface area is 147 Å². The van der Waals surface area contributed by atoms with Crippen LogP contribution in [-0.4, -0.2) is 5.11 Å². The molecular formula is C24H18O. The maximum atomic E-state index is 10.7. The number of aromatic hydroxyl groups is 1. The van der Waals surface area contributed by atoms with Crippen LogP contribution in [0.1, 0.15) is 0 Å². The predicted octanol–water partition coefficient (Wildman–Crippen LogP) is 6.39. The predicted molar refractivity (Wildman–Crippen MR) is 104 cm³/mol. The molecule has 0 saturated carbocycles. The van der Waals surface area contributed by atoms with Crippen LogP contribution in [0.3, 0.4) is 0 Å². The minimum Gasteiger partial charge on any atom is -0.507 e. The number of phenols is 1. The van der Waals surface area contributed by atoms with E-state index in [9.17, 15) is 5.11 Å². The van der Waals surface area contributed by atoms with Crippen molar-refractivity contribution in [1.82, 2.24) is 0 Å². The van der Waals surface area contributed by atoms with Gasteiger partial charge in [0.15, 0.2) is 0 Å². The quantitative estimate of drug-likeness (QED) is 0.463. The van der Waals surface area contributed by atoms with Crippen LogP contribution in [0.4, 0.5) is 0 Å². The van der Waals surface area contributed by atoms with Crippen molar-refractivity contribution in [2.75, 3.05) is 0 Å². The maximum Gasteiger partial charge on any atom is 0.124 e. The van der Waals surface area contributed by atoms with Crippen LogP contribution in [0.5, 0.6) is 5.75 Å². The lowest BCUT2D eigenvalue weighted by Gasteiger charge is -2.16. The molecule has 0 radical (unpaired) electrons. The van der Waals surface area contributed by atoms with Crippen molar-refractivity contribution in [1.29, 1.82) is 0 Å². The highest BCUT2D eigenvalue weighted by atomic mass is 16.3. The fourth-order valence-electron chi connectivity index (χ4n) is 3.25. The summed E-state index contributed by atoms with van der Waals surface area (Å²) in [4.78, 5) is 0. The summed E-state index contributed by atoms with van der Waals surface area (Å²) in [6.45, 7) is 0. The second-order valence-electron chi connectivity index (χ2n) is 5.98. The molecule has 0 atom stereocenters. The first-order valence-electron chi connectivity index (χ1n) is 8.37. The maximum absolute atomic E-state index is 10.7. The van der Waals surface area contributed by atoms with Crippen molar-refractivity contribution in [2.45, 2.75) is 0 Å². The monoisotopic (exact) mass is 322 g/mol. The molecular weight excluding hydrogens is 304 g/mol. The fourth-order valence-corrected chi connectivity index (χ4v) is 3.25.